The second kappa shape index (κ2) is 7.23. The zero-order valence-corrected chi connectivity index (χ0v) is 14.7. The highest BCUT2D eigenvalue weighted by atomic mass is 31.2. The van der Waals surface area contributed by atoms with Gasteiger partial charge in [0.25, 0.3) is 0 Å². The van der Waals surface area contributed by atoms with Crippen LogP contribution in [0.25, 0.3) is 0 Å². The van der Waals surface area contributed by atoms with Crippen molar-refractivity contribution in [1.82, 2.24) is 0 Å². The summed E-state index contributed by atoms with van der Waals surface area (Å²) in [5.74, 6) is 0.0866. The number of rotatable bonds is 5. The van der Waals surface area contributed by atoms with Crippen molar-refractivity contribution in [2.75, 3.05) is 26.4 Å². The highest BCUT2D eigenvalue weighted by Crippen LogP contribution is 2.55. The van der Waals surface area contributed by atoms with E-state index in [0.29, 0.717) is 18.8 Å². The van der Waals surface area contributed by atoms with Crippen molar-refractivity contribution in [3.8, 4) is 5.75 Å². The van der Waals surface area contributed by atoms with E-state index in [4.69, 9.17) is 18.5 Å². The molecule has 2 aliphatic heterocycles. The minimum Gasteiger partial charge on any atom is -0.482 e. The lowest BCUT2D eigenvalue weighted by atomic mass is 10.0. The van der Waals surface area contributed by atoms with Gasteiger partial charge in [-0.05, 0) is 31.0 Å². The molecule has 132 valence electrons. The Morgan fingerprint density at radius 2 is 2.25 bits per heavy atom. The summed E-state index contributed by atoms with van der Waals surface area (Å²) in [4.78, 5) is 11.9. The average Bonchev–Trinajstić information content (AvgIpc) is 2.55. The highest BCUT2D eigenvalue weighted by Gasteiger charge is 2.49. The van der Waals surface area contributed by atoms with Crippen LogP contribution in [0, 0.1) is 19.8 Å². The van der Waals surface area contributed by atoms with Crippen molar-refractivity contribution >= 4 is 13.8 Å². The predicted molar refractivity (Wildman–Crippen MR) is 86.0 cm³/mol. The van der Waals surface area contributed by atoms with Crippen molar-refractivity contribution in [3.05, 3.63) is 29.3 Å². The molecule has 0 aromatic heterocycles. The van der Waals surface area contributed by atoms with Gasteiger partial charge in [-0.25, -0.2) is 13.8 Å². The molecule has 3 atom stereocenters. The van der Waals surface area contributed by atoms with Crippen LogP contribution in [0.2, 0.25) is 0 Å². The van der Waals surface area contributed by atoms with Gasteiger partial charge in [0.15, 0.2) is 13.2 Å². The molecule has 8 heteroatoms. The Bertz CT molecular complexity index is 660. The number of carbonyl (C=O) groups is 1. The largest absolute Gasteiger partial charge is 0.635 e. The summed E-state index contributed by atoms with van der Waals surface area (Å²) in [5.41, 5.74) is 2.10. The maximum Gasteiger partial charge on any atom is 0.635 e. The maximum atomic E-state index is 11.9. The Hall–Kier alpha value is -1.40. The van der Waals surface area contributed by atoms with Crippen LogP contribution in [-0.4, -0.2) is 43.0 Å². The molecule has 0 amide bonds. The van der Waals surface area contributed by atoms with E-state index in [1.165, 1.54) is 0 Å². The molecule has 2 heterocycles. The van der Waals surface area contributed by atoms with Gasteiger partial charge >= 0.3 is 13.8 Å². The first kappa shape index (κ1) is 17.4. The van der Waals surface area contributed by atoms with Gasteiger partial charge in [-0.1, -0.05) is 12.1 Å². The lowest BCUT2D eigenvalue weighted by Gasteiger charge is -2.34. The summed E-state index contributed by atoms with van der Waals surface area (Å²) < 4.78 is 37.1. The smallest absolute Gasteiger partial charge is 0.482 e. The highest BCUT2D eigenvalue weighted by molar-refractivity contribution is 7.48. The summed E-state index contributed by atoms with van der Waals surface area (Å²) in [6, 6.07) is 5.69. The van der Waals surface area contributed by atoms with E-state index in [9.17, 15) is 9.36 Å². The number of carbonyl (C=O) groups excluding carboxylic acids is 1. The van der Waals surface area contributed by atoms with Crippen molar-refractivity contribution in [3.63, 3.8) is 0 Å². The fourth-order valence-corrected chi connectivity index (χ4v) is 4.24. The Morgan fingerprint density at radius 1 is 1.42 bits per heavy atom. The summed E-state index contributed by atoms with van der Waals surface area (Å²) in [6.07, 6.45) is 0.420. The van der Waals surface area contributed by atoms with E-state index in [2.05, 4.69) is 4.52 Å². The third kappa shape index (κ3) is 3.98. The van der Waals surface area contributed by atoms with E-state index < -0.39 is 13.8 Å². The first-order valence-corrected chi connectivity index (χ1v) is 9.43. The molecule has 2 aliphatic rings. The minimum atomic E-state index is -3.25. The number of benzene rings is 1. The monoisotopic (exact) mass is 357 g/mol. The predicted octanol–water partition coefficient (Wildman–Crippen LogP) is 2.30. The lowest BCUT2D eigenvalue weighted by molar-refractivity contribution is -0.153. The van der Waals surface area contributed by atoms with Crippen LogP contribution in [0.3, 0.4) is 0 Å². The molecule has 7 nitrogen and oxygen atoms in total. The van der Waals surface area contributed by atoms with Gasteiger partial charge in [0.1, 0.15) is 5.75 Å². The molecule has 24 heavy (non-hydrogen) atoms. The van der Waals surface area contributed by atoms with Gasteiger partial charge in [0, 0.05) is 12.3 Å². The number of ether oxygens (including phenoxy) is 2. The van der Waals surface area contributed by atoms with E-state index in [-0.39, 0.29) is 31.8 Å². The first-order chi connectivity index (χ1) is 11.5. The standard InChI is InChI=1S/C16H21O7P/c1-11-4-3-5-14(12(11)2)19-10-16(17)20-8-13-9-22-24(18)21-7-6-15(13)23-24/h3-5,13,15H,6-10H2,1-2H3/p+1. The van der Waals surface area contributed by atoms with Gasteiger partial charge in [0.2, 0.25) is 0 Å². The lowest BCUT2D eigenvalue weighted by Crippen LogP contribution is -2.40. The first-order valence-electron chi connectivity index (χ1n) is 7.93. The SMILES string of the molecule is Cc1cccc(OCC(=O)OCC2COP3(=O)OC2CC[OH+]3)c1C. The Kier molecular flexibility index (Phi) is 5.25. The number of hydrogen-bond acceptors (Lipinski definition) is 6. The van der Waals surface area contributed by atoms with E-state index in [1.807, 2.05) is 32.0 Å². The molecule has 1 aromatic carbocycles. The Balaban J connectivity index is 1.46. The van der Waals surface area contributed by atoms with Crippen LogP contribution in [0.4, 0.5) is 0 Å². The summed E-state index contributed by atoms with van der Waals surface area (Å²) in [6.45, 7) is 4.59. The fraction of sp³-hybridized carbons (Fsp3) is 0.562. The van der Waals surface area contributed by atoms with E-state index in [1.54, 1.807) is 0 Å². The third-order valence-electron chi connectivity index (χ3n) is 4.29. The number of aryl methyl sites for hydroxylation is 1. The maximum absolute atomic E-state index is 11.9. The molecule has 0 aliphatic carbocycles. The molecule has 2 saturated heterocycles. The Labute approximate surface area is 140 Å². The zero-order chi connectivity index (χ0) is 17.2. The van der Waals surface area contributed by atoms with Crippen LogP contribution < -0.4 is 4.74 Å². The molecule has 2 bridgehead atoms. The van der Waals surface area contributed by atoms with Gasteiger partial charge in [-0.3, -0.25) is 0 Å². The number of esters is 1. The summed E-state index contributed by atoms with van der Waals surface area (Å²) in [5, 5.41) is 0. The molecular formula is C16H22O7P+. The van der Waals surface area contributed by atoms with Crippen LogP contribution in [0.5, 0.6) is 5.75 Å². The van der Waals surface area contributed by atoms with Crippen LogP contribution in [0.1, 0.15) is 17.5 Å². The van der Waals surface area contributed by atoms with Crippen molar-refractivity contribution in [2.45, 2.75) is 26.4 Å². The molecule has 2 fully saturated rings. The molecule has 0 spiro atoms. The molecule has 0 radical (unpaired) electrons. The van der Waals surface area contributed by atoms with Gasteiger partial charge in [-0.15, -0.1) is 0 Å². The normalized spacial score (nSPS) is 29.1. The molecule has 1 aromatic rings. The van der Waals surface area contributed by atoms with Crippen molar-refractivity contribution < 1.29 is 32.4 Å². The van der Waals surface area contributed by atoms with Crippen molar-refractivity contribution in [2.24, 2.45) is 5.92 Å². The molecule has 0 saturated carbocycles. The Morgan fingerprint density at radius 3 is 3.08 bits per heavy atom. The molecule has 3 rings (SSSR count). The number of hydrogen-bond donors (Lipinski definition) is 0. The molecule has 1 N–H and O–H groups in total. The fourth-order valence-electron chi connectivity index (χ4n) is 2.67. The zero-order valence-electron chi connectivity index (χ0n) is 13.8. The quantitative estimate of drug-likeness (QED) is 0.457. The number of aliphatic hydroxyl groups is 1. The van der Waals surface area contributed by atoms with E-state index in [0.717, 1.165) is 11.1 Å². The van der Waals surface area contributed by atoms with Crippen LogP contribution >= 0.6 is 7.82 Å². The molecular weight excluding hydrogens is 335 g/mol. The minimum absolute atomic E-state index is 0.132. The summed E-state index contributed by atoms with van der Waals surface area (Å²) in [7, 11) is -3.25. The number of fused-ring (bicyclic) bond motifs is 2. The van der Waals surface area contributed by atoms with Crippen LogP contribution in [0.15, 0.2) is 18.2 Å². The molecule has 3 unspecified atom stereocenters. The van der Waals surface area contributed by atoms with Crippen molar-refractivity contribution in [1.29, 1.82) is 0 Å². The second-order valence-electron chi connectivity index (χ2n) is 5.99. The second-order valence-corrected chi connectivity index (χ2v) is 7.68. The van der Waals surface area contributed by atoms with Crippen LogP contribution in [-0.2, 0) is 23.1 Å². The van der Waals surface area contributed by atoms with Gasteiger partial charge < -0.3 is 14.0 Å². The van der Waals surface area contributed by atoms with Gasteiger partial charge in [0.05, 0.1) is 19.3 Å². The van der Waals surface area contributed by atoms with E-state index >= 15 is 0 Å². The average molecular weight is 357 g/mol. The summed E-state index contributed by atoms with van der Waals surface area (Å²) >= 11 is 0. The van der Waals surface area contributed by atoms with Gasteiger partial charge in [-0.2, -0.15) is 4.57 Å². The topological polar surface area (TPSA) is 83.9 Å². The third-order valence-corrected chi connectivity index (χ3v) is 5.85.